The van der Waals surface area contributed by atoms with Crippen LogP contribution in [0.15, 0.2) is 16.6 Å². The Morgan fingerprint density at radius 3 is 2.71 bits per heavy atom. The smallest absolute Gasteiger partial charge is 0.141 e. The topological polar surface area (TPSA) is 32.7 Å². The largest absolute Gasteiger partial charge is 0.497 e. The van der Waals surface area contributed by atoms with E-state index in [4.69, 9.17) is 9.94 Å². The molecule has 0 heterocycles. The fourth-order valence-corrected chi connectivity index (χ4v) is 1.45. The molecule has 14 heavy (non-hydrogen) atoms. The van der Waals surface area contributed by atoms with Crippen molar-refractivity contribution in [1.29, 1.82) is 0 Å². The van der Waals surface area contributed by atoms with E-state index in [1.807, 2.05) is 0 Å². The van der Waals surface area contributed by atoms with Gasteiger partial charge in [-0.05, 0) is 27.6 Å². The summed E-state index contributed by atoms with van der Waals surface area (Å²) in [6, 6.07) is 2.95. The molecule has 0 spiro atoms. The third kappa shape index (κ3) is 2.67. The van der Waals surface area contributed by atoms with Gasteiger partial charge in [0.05, 0.1) is 11.6 Å². The Bertz CT molecular complexity index is 331. The molecular formula is C9H11BrFNO2. The van der Waals surface area contributed by atoms with Gasteiger partial charge in [0.1, 0.15) is 11.6 Å². The highest BCUT2D eigenvalue weighted by molar-refractivity contribution is 9.10. The van der Waals surface area contributed by atoms with Crippen LogP contribution < -0.4 is 4.74 Å². The summed E-state index contributed by atoms with van der Waals surface area (Å²) in [5, 5.41) is 10.0. The molecule has 78 valence electrons. The summed E-state index contributed by atoms with van der Waals surface area (Å²) in [5.74, 6) is 0.0313. The standard InChI is InChI=1S/C9H11BrFNO2/c1-12(13)5-6-3-7(14-2)4-8(11)9(6)10/h3-4,13H,5H2,1-2H3. The highest BCUT2D eigenvalue weighted by atomic mass is 79.9. The molecule has 1 aromatic carbocycles. The Morgan fingerprint density at radius 1 is 1.57 bits per heavy atom. The van der Waals surface area contributed by atoms with Crippen molar-refractivity contribution in [3.05, 3.63) is 28.0 Å². The Morgan fingerprint density at radius 2 is 2.21 bits per heavy atom. The summed E-state index contributed by atoms with van der Waals surface area (Å²) in [6.45, 7) is 0.231. The molecule has 1 rings (SSSR count). The first-order valence-electron chi connectivity index (χ1n) is 3.96. The first-order valence-corrected chi connectivity index (χ1v) is 4.76. The molecule has 0 aliphatic rings. The number of nitrogens with zero attached hydrogens (tertiary/aromatic N) is 1. The van der Waals surface area contributed by atoms with Crippen LogP contribution in [0.4, 0.5) is 4.39 Å². The average Bonchev–Trinajstić information content (AvgIpc) is 2.11. The molecule has 3 nitrogen and oxygen atoms in total. The first kappa shape index (κ1) is 11.4. The van der Waals surface area contributed by atoms with Gasteiger partial charge in [-0.15, -0.1) is 0 Å². The second-order valence-corrected chi connectivity index (χ2v) is 3.69. The average molecular weight is 264 g/mol. The minimum absolute atomic E-state index is 0.231. The third-order valence-corrected chi connectivity index (χ3v) is 2.60. The van der Waals surface area contributed by atoms with Crippen molar-refractivity contribution in [1.82, 2.24) is 5.06 Å². The van der Waals surface area contributed by atoms with Crippen molar-refractivity contribution < 1.29 is 14.3 Å². The molecule has 0 aliphatic heterocycles. The van der Waals surface area contributed by atoms with E-state index in [0.717, 1.165) is 5.06 Å². The zero-order chi connectivity index (χ0) is 10.7. The van der Waals surface area contributed by atoms with Gasteiger partial charge in [0.2, 0.25) is 0 Å². The molecule has 0 saturated carbocycles. The molecule has 0 fully saturated rings. The second-order valence-electron chi connectivity index (χ2n) is 2.90. The first-order chi connectivity index (χ1) is 6.54. The van der Waals surface area contributed by atoms with Crippen molar-refractivity contribution >= 4 is 15.9 Å². The van der Waals surface area contributed by atoms with Gasteiger partial charge in [-0.2, -0.15) is 5.06 Å². The fourth-order valence-electron chi connectivity index (χ4n) is 1.10. The molecule has 0 saturated heterocycles. The second kappa shape index (κ2) is 4.72. The van der Waals surface area contributed by atoms with E-state index in [-0.39, 0.29) is 6.54 Å². The number of hydrogen-bond donors (Lipinski definition) is 1. The quantitative estimate of drug-likeness (QED) is 0.851. The monoisotopic (exact) mass is 263 g/mol. The molecule has 0 bridgehead atoms. The lowest BCUT2D eigenvalue weighted by atomic mass is 10.2. The minimum Gasteiger partial charge on any atom is -0.497 e. The summed E-state index contributed by atoms with van der Waals surface area (Å²) >= 11 is 3.10. The highest BCUT2D eigenvalue weighted by Crippen LogP contribution is 2.26. The van der Waals surface area contributed by atoms with Crippen molar-refractivity contribution in [2.45, 2.75) is 6.54 Å². The maximum absolute atomic E-state index is 13.3. The van der Waals surface area contributed by atoms with E-state index in [9.17, 15) is 4.39 Å². The summed E-state index contributed by atoms with van der Waals surface area (Å²) in [6.07, 6.45) is 0. The highest BCUT2D eigenvalue weighted by Gasteiger charge is 2.09. The van der Waals surface area contributed by atoms with Gasteiger partial charge < -0.3 is 9.94 Å². The molecule has 1 N–H and O–H groups in total. The van der Waals surface area contributed by atoms with Gasteiger partial charge in [-0.25, -0.2) is 4.39 Å². The molecule has 0 aromatic heterocycles. The van der Waals surface area contributed by atoms with Crippen LogP contribution in [0.3, 0.4) is 0 Å². The maximum atomic E-state index is 13.3. The summed E-state index contributed by atoms with van der Waals surface area (Å²) in [5.41, 5.74) is 0.631. The van der Waals surface area contributed by atoms with Crippen LogP contribution in [-0.4, -0.2) is 24.4 Å². The minimum atomic E-state index is -0.402. The van der Waals surface area contributed by atoms with Crippen molar-refractivity contribution in [2.75, 3.05) is 14.2 Å². The van der Waals surface area contributed by atoms with Crippen LogP contribution in [0.5, 0.6) is 5.75 Å². The summed E-state index contributed by atoms with van der Waals surface area (Å²) < 4.78 is 18.5. The fraction of sp³-hybridized carbons (Fsp3) is 0.333. The molecular weight excluding hydrogens is 253 g/mol. The number of ether oxygens (including phenoxy) is 1. The number of benzene rings is 1. The molecule has 0 unspecified atom stereocenters. The van der Waals surface area contributed by atoms with Gasteiger partial charge in [0, 0.05) is 19.7 Å². The number of hydrogen-bond acceptors (Lipinski definition) is 3. The Labute approximate surface area is 90.2 Å². The van der Waals surface area contributed by atoms with E-state index in [1.54, 1.807) is 6.07 Å². The summed E-state index contributed by atoms with van der Waals surface area (Å²) in [4.78, 5) is 0. The molecule has 0 radical (unpaired) electrons. The number of halogens is 2. The Hall–Kier alpha value is -0.650. The lowest BCUT2D eigenvalue weighted by Gasteiger charge is -2.11. The van der Waals surface area contributed by atoms with E-state index in [1.165, 1.54) is 20.2 Å². The van der Waals surface area contributed by atoms with E-state index in [2.05, 4.69) is 15.9 Å². The van der Waals surface area contributed by atoms with E-state index in [0.29, 0.717) is 15.8 Å². The Balaban J connectivity index is 3.07. The Kier molecular flexibility index (Phi) is 3.86. The lowest BCUT2D eigenvalue weighted by Crippen LogP contribution is -2.12. The van der Waals surface area contributed by atoms with Crippen LogP contribution in [0, 0.1) is 5.82 Å². The summed E-state index contributed by atoms with van der Waals surface area (Å²) in [7, 11) is 2.96. The van der Waals surface area contributed by atoms with Crippen molar-refractivity contribution in [2.24, 2.45) is 0 Å². The molecule has 5 heteroatoms. The normalized spacial score (nSPS) is 10.7. The van der Waals surface area contributed by atoms with E-state index >= 15 is 0 Å². The zero-order valence-corrected chi connectivity index (χ0v) is 9.51. The van der Waals surface area contributed by atoms with Crippen molar-refractivity contribution in [3.8, 4) is 5.75 Å². The molecule has 1 aromatic rings. The van der Waals surface area contributed by atoms with Gasteiger partial charge in [0.25, 0.3) is 0 Å². The lowest BCUT2D eigenvalue weighted by molar-refractivity contribution is -0.0733. The van der Waals surface area contributed by atoms with Crippen LogP contribution in [0.2, 0.25) is 0 Å². The zero-order valence-electron chi connectivity index (χ0n) is 7.92. The van der Waals surface area contributed by atoms with Crippen molar-refractivity contribution in [3.63, 3.8) is 0 Å². The van der Waals surface area contributed by atoms with Crippen LogP contribution in [0.25, 0.3) is 0 Å². The van der Waals surface area contributed by atoms with Gasteiger partial charge in [-0.3, -0.25) is 0 Å². The van der Waals surface area contributed by atoms with E-state index < -0.39 is 5.82 Å². The number of rotatable bonds is 3. The molecule has 0 aliphatic carbocycles. The van der Waals surface area contributed by atoms with Gasteiger partial charge >= 0.3 is 0 Å². The third-order valence-electron chi connectivity index (χ3n) is 1.71. The predicted molar refractivity (Wildman–Crippen MR) is 53.9 cm³/mol. The SMILES string of the molecule is COc1cc(F)c(Br)c(CN(C)O)c1. The molecule has 0 amide bonds. The number of hydroxylamine groups is 2. The predicted octanol–water partition coefficient (Wildman–Crippen LogP) is 2.42. The van der Waals surface area contributed by atoms with Crippen LogP contribution in [0.1, 0.15) is 5.56 Å². The maximum Gasteiger partial charge on any atom is 0.141 e. The van der Waals surface area contributed by atoms with Gasteiger partial charge in [-0.1, -0.05) is 0 Å². The van der Waals surface area contributed by atoms with Crippen LogP contribution in [-0.2, 0) is 6.54 Å². The van der Waals surface area contributed by atoms with Crippen LogP contribution >= 0.6 is 15.9 Å². The molecule has 0 atom stereocenters. The number of methoxy groups -OCH3 is 1. The van der Waals surface area contributed by atoms with Gasteiger partial charge in [0.15, 0.2) is 0 Å².